The maximum atomic E-state index is 14.1. The van der Waals surface area contributed by atoms with E-state index in [0.717, 1.165) is 59.7 Å². The van der Waals surface area contributed by atoms with Crippen LogP contribution in [0.2, 0.25) is 0 Å². The van der Waals surface area contributed by atoms with E-state index >= 15 is 0 Å². The normalized spacial score (nSPS) is 25.1. The van der Waals surface area contributed by atoms with Gasteiger partial charge in [0.25, 0.3) is 5.56 Å². The Morgan fingerprint density at radius 3 is 2.18 bits per heavy atom. The molecule has 2 atom stereocenters. The molecular formula is C32H36N4O3. The lowest BCUT2D eigenvalue weighted by Crippen LogP contribution is -2.41. The number of aromatic nitrogens is 4. The molecule has 0 aliphatic heterocycles. The van der Waals surface area contributed by atoms with Crippen LogP contribution in [-0.4, -0.2) is 25.8 Å². The number of fused-ring (bicyclic) bond motifs is 1. The van der Waals surface area contributed by atoms with Crippen molar-refractivity contribution in [2.24, 2.45) is 17.8 Å². The zero-order valence-electron chi connectivity index (χ0n) is 22.8. The molecular weight excluding hydrogens is 488 g/mol. The summed E-state index contributed by atoms with van der Waals surface area (Å²) in [5.74, 6) is 4.09. The molecule has 0 spiro atoms. The van der Waals surface area contributed by atoms with E-state index in [9.17, 15) is 9.59 Å². The van der Waals surface area contributed by atoms with Crippen molar-refractivity contribution in [3.05, 3.63) is 92.4 Å². The second-order valence-electron chi connectivity index (χ2n) is 12.1. The fourth-order valence-electron chi connectivity index (χ4n) is 8.18. The van der Waals surface area contributed by atoms with Crippen LogP contribution in [0, 0.1) is 17.8 Å². The SMILES string of the molecule is CCCn1c(=O)c2c(nc(C34CC5CC(C3)C(C5)C4)n2Cc2ccccc2)n(Cc2ccc(OC)cc2)c1=O. The molecule has 4 saturated carbocycles. The van der Waals surface area contributed by atoms with Gasteiger partial charge in [0.05, 0.1) is 13.7 Å². The molecule has 39 heavy (non-hydrogen) atoms. The minimum absolute atomic E-state index is 0.00663. The average Bonchev–Trinajstić information content (AvgIpc) is 3.55. The van der Waals surface area contributed by atoms with Crippen LogP contribution in [0.1, 0.15) is 62.4 Å². The zero-order chi connectivity index (χ0) is 26.7. The van der Waals surface area contributed by atoms with Crippen molar-refractivity contribution in [2.45, 2.75) is 70.5 Å². The maximum absolute atomic E-state index is 14.1. The van der Waals surface area contributed by atoms with Crippen LogP contribution in [0.5, 0.6) is 5.75 Å². The van der Waals surface area contributed by atoms with Gasteiger partial charge in [-0.25, -0.2) is 9.78 Å². The summed E-state index contributed by atoms with van der Waals surface area (Å²) in [4.78, 5) is 33.2. The highest BCUT2D eigenvalue weighted by Gasteiger charge is 2.58. The van der Waals surface area contributed by atoms with E-state index in [1.165, 1.54) is 17.4 Å². The molecule has 7 heteroatoms. The highest BCUT2D eigenvalue weighted by Crippen LogP contribution is 2.64. The lowest BCUT2D eigenvalue weighted by Gasteiger charge is -2.38. The third-order valence-electron chi connectivity index (χ3n) is 9.64. The number of imidazole rings is 1. The predicted octanol–water partition coefficient (Wildman–Crippen LogP) is 4.95. The number of hydrogen-bond donors (Lipinski definition) is 0. The van der Waals surface area contributed by atoms with Crippen molar-refractivity contribution >= 4 is 11.2 Å². The number of nitrogens with zero attached hydrogens (tertiary/aromatic N) is 4. The summed E-state index contributed by atoms with van der Waals surface area (Å²) in [6.07, 6.45) is 6.84. The first-order valence-electron chi connectivity index (χ1n) is 14.4. The van der Waals surface area contributed by atoms with E-state index in [-0.39, 0.29) is 16.7 Å². The quantitative estimate of drug-likeness (QED) is 0.327. The smallest absolute Gasteiger partial charge is 0.333 e. The Hall–Kier alpha value is -3.61. The maximum Gasteiger partial charge on any atom is 0.333 e. The molecule has 4 aliphatic carbocycles. The number of methoxy groups -OCH3 is 1. The third kappa shape index (κ3) is 3.88. The molecule has 2 aromatic heterocycles. The summed E-state index contributed by atoms with van der Waals surface area (Å²) in [6, 6.07) is 18.1. The van der Waals surface area contributed by atoms with Crippen molar-refractivity contribution in [3.8, 4) is 5.75 Å². The van der Waals surface area contributed by atoms with E-state index in [1.54, 1.807) is 11.7 Å². The summed E-state index contributed by atoms with van der Waals surface area (Å²) in [5.41, 5.74) is 2.69. The molecule has 0 amide bonds. The molecule has 4 bridgehead atoms. The summed E-state index contributed by atoms with van der Waals surface area (Å²) < 4.78 is 10.7. The molecule has 2 aromatic carbocycles. The van der Waals surface area contributed by atoms with Crippen molar-refractivity contribution in [1.82, 2.24) is 18.7 Å². The van der Waals surface area contributed by atoms with Crippen molar-refractivity contribution in [3.63, 3.8) is 0 Å². The minimum atomic E-state index is -0.283. The Balaban J connectivity index is 1.47. The number of ether oxygens (including phenoxy) is 1. The molecule has 7 nitrogen and oxygen atoms in total. The predicted molar refractivity (Wildman–Crippen MR) is 151 cm³/mol. The first-order valence-corrected chi connectivity index (χ1v) is 14.4. The van der Waals surface area contributed by atoms with Gasteiger partial charge < -0.3 is 9.30 Å². The second kappa shape index (κ2) is 9.25. The van der Waals surface area contributed by atoms with Gasteiger partial charge in [-0.15, -0.1) is 0 Å². The number of hydrogen-bond acceptors (Lipinski definition) is 4. The Morgan fingerprint density at radius 2 is 1.54 bits per heavy atom. The van der Waals surface area contributed by atoms with Crippen molar-refractivity contribution in [2.75, 3.05) is 7.11 Å². The summed E-state index contributed by atoms with van der Waals surface area (Å²) >= 11 is 0. The molecule has 2 heterocycles. The van der Waals surface area contributed by atoms with Crippen LogP contribution >= 0.6 is 0 Å². The minimum Gasteiger partial charge on any atom is -0.497 e. The van der Waals surface area contributed by atoms with E-state index in [2.05, 4.69) is 16.7 Å². The Kier molecular flexibility index (Phi) is 5.79. The molecule has 4 fully saturated rings. The van der Waals surface area contributed by atoms with Gasteiger partial charge in [0, 0.05) is 18.5 Å². The van der Waals surface area contributed by atoms with Gasteiger partial charge in [-0.05, 0) is 79.5 Å². The lowest BCUT2D eigenvalue weighted by atomic mass is 9.69. The molecule has 0 saturated heterocycles. The van der Waals surface area contributed by atoms with Gasteiger partial charge >= 0.3 is 5.69 Å². The first kappa shape index (κ1) is 24.4. The highest BCUT2D eigenvalue weighted by atomic mass is 16.5. The Bertz CT molecular complexity index is 1630. The largest absolute Gasteiger partial charge is 0.497 e. The van der Waals surface area contributed by atoms with Crippen LogP contribution in [0.3, 0.4) is 0 Å². The van der Waals surface area contributed by atoms with Crippen LogP contribution in [0.15, 0.2) is 64.2 Å². The molecule has 2 unspecified atom stereocenters. The third-order valence-corrected chi connectivity index (χ3v) is 9.64. The highest BCUT2D eigenvalue weighted by molar-refractivity contribution is 5.72. The molecule has 8 rings (SSSR count). The topological polar surface area (TPSA) is 71.1 Å². The van der Waals surface area contributed by atoms with Gasteiger partial charge in [-0.3, -0.25) is 13.9 Å². The van der Waals surface area contributed by atoms with Crippen molar-refractivity contribution in [1.29, 1.82) is 0 Å². The van der Waals surface area contributed by atoms with E-state index < -0.39 is 0 Å². The Morgan fingerprint density at radius 1 is 0.872 bits per heavy atom. The van der Waals surface area contributed by atoms with E-state index in [0.29, 0.717) is 37.2 Å². The Labute approximate surface area is 228 Å². The van der Waals surface area contributed by atoms with E-state index in [1.807, 2.05) is 49.4 Å². The molecule has 4 aromatic rings. The van der Waals surface area contributed by atoms with Gasteiger partial charge in [0.15, 0.2) is 11.2 Å². The average molecular weight is 525 g/mol. The fourth-order valence-corrected chi connectivity index (χ4v) is 8.18. The molecule has 0 radical (unpaired) electrons. The summed E-state index contributed by atoms with van der Waals surface area (Å²) in [7, 11) is 1.65. The van der Waals surface area contributed by atoms with E-state index in [4.69, 9.17) is 9.72 Å². The second-order valence-corrected chi connectivity index (χ2v) is 12.1. The van der Waals surface area contributed by atoms with Gasteiger partial charge in [-0.2, -0.15) is 0 Å². The lowest BCUT2D eigenvalue weighted by molar-refractivity contribution is 0.214. The monoisotopic (exact) mass is 524 g/mol. The molecule has 0 N–H and O–H groups in total. The zero-order valence-corrected chi connectivity index (χ0v) is 22.8. The van der Waals surface area contributed by atoms with Gasteiger partial charge in [0.1, 0.15) is 11.6 Å². The van der Waals surface area contributed by atoms with Crippen LogP contribution in [-0.2, 0) is 25.0 Å². The summed E-state index contributed by atoms with van der Waals surface area (Å²) in [5, 5.41) is 0. The first-order chi connectivity index (χ1) is 19.0. The fraction of sp³-hybridized carbons (Fsp3) is 0.469. The molecule has 202 valence electrons. The van der Waals surface area contributed by atoms with Gasteiger partial charge in [0.2, 0.25) is 0 Å². The number of rotatable bonds is 8. The van der Waals surface area contributed by atoms with Crippen LogP contribution in [0.25, 0.3) is 11.2 Å². The van der Waals surface area contributed by atoms with Crippen molar-refractivity contribution < 1.29 is 4.74 Å². The van der Waals surface area contributed by atoms with Crippen LogP contribution < -0.4 is 16.0 Å². The standard InChI is InChI=1S/C32H36N4O3/c1-3-13-34-29(37)27-28(36(31(34)38)20-22-9-11-26(39-2)12-10-22)33-30(35(27)19-21-7-5-4-6-8-21)32-16-23-14-24(17-32)25(15-23)18-32/h4-12,23-25H,3,13-20H2,1-2H3. The molecule has 4 aliphatic rings. The number of benzene rings is 2. The van der Waals surface area contributed by atoms with Gasteiger partial charge in [-0.1, -0.05) is 49.4 Å². The summed E-state index contributed by atoms with van der Waals surface area (Å²) in [6.45, 7) is 3.32. The van der Waals surface area contributed by atoms with Crippen LogP contribution in [0.4, 0.5) is 0 Å².